The summed E-state index contributed by atoms with van der Waals surface area (Å²) in [6.07, 6.45) is 6.22. The van der Waals surface area contributed by atoms with E-state index in [-0.39, 0.29) is 17.8 Å². The number of aromatic nitrogens is 2. The Labute approximate surface area is 156 Å². The van der Waals surface area contributed by atoms with E-state index in [1.807, 2.05) is 7.05 Å². The number of fused-ring (bicyclic) bond motifs is 3. The van der Waals surface area contributed by atoms with Crippen molar-refractivity contribution in [3.05, 3.63) is 11.5 Å². The molecule has 0 spiro atoms. The number of nitrogens with zero attached hydrogens (tertiary/aromatic N) is 4. The van der Waals surface area contributed by atoms with Crippen LogP contribution < -0.4 is 11.1 Å². The summed E-state index contributed by atoms with van der Waals surface area (Å²) >= 11 is 0. The number of aliphatic imine (C=N–C) groups is 1. The molecule has 0 saturated heterocycles. The van der Waals surface area contributed by atoms with Gasteiger partial charge in [-0.1, -0.05) is 13.8 Å². The summed E-state index contributed by atoms with van der Waals surface area (Å²) in [5.41, 5.74) is 7.80. The molecule has 3 N–H and O–H groups in total. The van der Waals surface area contributed by atoms with E-state index >= 15 is 0 Å². The van der Waals surface area contributed by atoms with Gasteiger partial charge < -0.3 is 20.5 Å². The molecule has 0 radical (unpaired) electrons. The predicted molar refractivity (Wildman–Crippen MR) is 104 cm³/mol. The fraction of sp³-hybridized carbons (Fsp3) is 0.778. The van der Waals surface area contributed by atoms with E-state index in [1.54, 1.807) is 0 Å². The van der Waals surface area contributed by atoms with E-state index in [2.05, 4.69) is 47.7 Å². The molecule has 2 heterocycles. The maximum Gasteiger partial charge on any atom is 0.200 e. The third kappa shape index (κ3) is 2.19. The van der Waals surface area contributed by atoms with Crippen LogP contribution in [0, 0.1) is 11.3 Å². The molecular weight excluding hydrogens is 336 g/mol. The second-order valence-corrected chi connectivity index (χ2v) is 8.31. The van der Waals surface area contributed by atoms with Gasteiger partial charge in [0, 0.05) is 32.5 Å². The lowest BCUT2D eigenvalue weighted by atomic mass is 9.70. The van der Waals surface area contributed by atoms with Crippen molar-refractivity contribution in [2.45, 2.75) is 57.5 Å². The van der Waals surface area contributed by atoms with Crippen LogP contribution in [0.2, 0.25) is 0 Å². The van der Waals surface area contributed by atoms with Gasteiger partial charge in [0.05, 0.1) is 0 Å². The molecule has 7 heteroatoms. The molecule has 1 aromatic heterocycles. The molecule has 25 heavy (non-hydrogen) atoms. The summed E-state index contributed by atoms with van der Waals surface area (Å²) in [6.45, 7) is 4.37. The molecule has 2 bridgehead atoms. The number of anilines is 1. The molecule has 1 aliphatic heterocycles. The smallest absolute Gasteiger partial charge is 0.200 e. The fourth-order valence-electron chi connectivity index (χ4n) is 5.50. The van der Waals surface area contributed by atoms with Gasteiger partial charge in [0.1, 0.15) is 23.0 Å². The maximum absolute atomic E-state index is 7.27. The number of imidazole rings is 1. The Morgan fingerprint density at radius 3 is 2.40 bits per heavy atom. The first-order valence-corrected chi connectivity index (χ1v) is 9.17. The summed E-state index contributed by atoms with van der Waals surface area (Å²) in [4.78, 5) is 11.7. The Bertz CT molecular complexity index is 701. The predicted octanol–water partition coefficient (Wildman–Crippen LogP) is 3.00. The van der Waals surface area contributed by atoms with Crippen LogP contribution in [0.15, 0.2) is 4.99 Å². The topological polar surface area (TPSA) is 71.5 Å². The van der Waals surface area contributed by atoms with E-state index in [0.717, 1.165) is 29.2 Å². The van der Waals surface area contributed by atoms with Gasteiger partial charge in [0.25, 0.3) is 0 Å². The summed E-state index contributed by atoms with van der Waals surface area (Å²) in [5, 5.41) is 3.47. The molecule has 2 saturated carbocycles. The standard InChI is InChI=1S/C18H30N6.ClH/c1-11(2)14-21-13-15(23(14)4)22-16(20-3)24(5)18(13,19)17-8-6-12(10-17)7-9-17;/h11-12H,6-10,19H2,1-5H3,(H,20,22);1H. The minimum Gasteiger partial charge on any atom is -0.321 e. The second kappa shape index (κ2) is 5.88. The van der Waals surface area contributed by atoms with Crippen LogP contribution in [-0.4, -0.2) is 34.5 Å². The molecule has 1 atom stereocenters. The Kier molecular flexibility index (Phi) is 4.35. The van der Waals surface area contributed by atoms with Gasteiger partial charge in [-0.05, 0) is 38.0 Å². The lowest BCUT2D eigenvalue weighted by Crippen LogP contribution is -2.66. The third-order valence-corrected chi connectivity index (χ3v) is 6.85. The van der Waals surface area contributed by atoms with Gasteiger partial charge in [-0.15, -0.1) is 12.4 Å². The number of guanidine groups is 1. The van der Waals surface area contributed by atoms with Gasteiger partial charge in [0.15, 0.2) is 0 Å². The zero-order valence-corrected chi connectivity index (χ0v) is 16.8. The minimum atomic E-state index is -0.585. The van der Waals surface area contributed by atoms with E-state index in [1.165, 1.54) is 32.1 Å². The Hall–Kier alpha value is -1.27. The van der Waals surface area contributed by atoms with Crippen LogP contribution in [0.1, 0.15) is 63.4 Å². The van der Waals surface area contributed by atoms with Crippen LogP contribution in [0.5, 0.6) is 0 Å². The van der Waals surface area contributed by atoms with Gasteiger partial charge >= 0.3 is 0 Å². The second-order valence-electron chi connectivity index (χ2n) is 8.31. The molecule has 1 unspecified atom stereocenters. The van der Waals surface area contributed by atoms with Gasteiger partial charge in [-0.2, -0.15) is 0 Å². The summed E-state index contributed by atoms with van der Waals surface area (Å²) in [6, 6.07) is 0. The molecule has 0 aromatic carbocycles. The molecule has 140 valence electrons. The number of halogens is 1. The van der Waals surface area contributed by atoms with Crippen LogP contribution in [0.3, 0.4) is 0 Å². The molecule has 0 amide bonds. The number of hydrogen-bond acceptors (Lipinski definition) is 3. The molecular formula is C18H31ClN6. The van der Waals surface area contributed by atoms with Crippen LogP contribution >= 0.6 is 12.4 Å². The monoisotopic (exact) mass is 366 g/mol. The van der Waals surface area contributed by atoms with Crippen LogP contribution in [0.4, 0.5) is 5.82 Å². The van der Waals surface area contributed by atoms with E-state index in [4.69, 9.17) is 10.7 Å². The molecule has 3 aliphatic rings. The summed E-state index contributed by atoms with van der Waals surface area (Å²) in [7, 11) is 5.98. The Balaban J connectivity index is 0.00000182. The normalized spacial score (nSPS) is 35.1. The lowest BCUT2D eigenvalue weighted by Gasteiger charge is -2.53. The minimum absolute atomic E-state index is 0. The first-order chi connectivity index (χ1) is 11.3. The Morgan fingerprint density at radius 2 is 1.92 bits per heavy atom. The fourth-order valence-corrected chi connectivity index (χ4v) is 5.50. The maximum atomic E-state index is 7.27. The number of rotatable bonds is 2. The Morgan fingerprint density at radius 1 is 1.28 bits per heavy atom. The van der Waals surface area contributed by atoms with Crippen LogP contribution in [-0.2, 0) is 12.7 Å². The van der Waals surface area contributed by atoms with Gasteiger partial charge in [-0.25, -0.2) is 4.98 Å². The summed E-state index contributed by atoms with van der Waals surface area (Å²) < 4.78 is 2.16. The lowest BCUT2D eigenvalue weighted by molar-refractivity contribution is 0.0192. The van der Waals surface area contributed by atoms with Crippen molar-refractivity contribution in [1.29, 1.82) is 0 Å². The molecule has 2 fully saturated rings. The highest BCUT2D eigenvalue weighted by molar-refractivity contribution is 5.96. The number of hydrogen-bond donors (Lipinski definition) is 2. The number of nitrogens with one attached hydrogen (secondary N) is 1. The van der Waals surface area contributed by atoms with Crippen molar-refractivity contribution in [3.8, 4) is 0 Å². The van der Waals surface area contributed by atoms with Crippen molar-refractivity contribution < 1.29 is 0 Å². The molecule has 4 rings (SSSR count). The average Bonchev–Trinajstić information content (AvgIpc) is 3.25. The SMILES string of the molecule is CN=C1Nc2c(nc(C(C)C)n2C)C(N)(C23CCC(CC2)C3)N1C.Cl. The van der Waals surface area contributed by atoms with Gasteiger partial charge in [0.2, 0.25) is 5.96 Å². The largest absolute Gasteiger partial charge is 0.321 e. The van der Waals surface area contributed by atoms with Crippen molar-refractivity contribution in [3.63, 3.8) is 0 Å². The highest BCUT2D eigenvalue weighted by atomic mass is 35.5. The third-order valence-electron chi connectivity index (χ3n) is 6.85. The first kappa shape index (κ1) is 18.5. The van der Waals surface area contributed by atoms with Crippen molar-refractivity contribution in [2.24, 2.45) is 29.1 Å². The summed E-state index contributed by atoms with van der Waals surface area (Å²) in [5.74, 6) is 4.14. The molecule has 6 nitrogen and oxygen atoms in total. The van der Waals surface area contributed by atoms with Crippen molar-refractivity contribution in [1.82, 2.24) is 14.5 Å². The van der Waals surface area contributed by atoms with E-state index in [0.29, 0.717) is 5.92 Å². The van der Waals surface area contributed by atoms with Gasteiger partial charge in [-0.3, -0.25) is 4.99 Å². The average molecular weight is 367 g/mol. The van der Waals surface area contributed by atoms with Crippen molar-refractivity contribution in [2.75, 3.05) is 19.4 Å². The van der Waals surface area contributed by atoms with E-state index < -0.39 is 5.66 Å². The quantitative estimate of drug-likeness (QED) is 0.844. The molecule has 2 aliphatic carbocycles. The molecule has 1 aromatic rings. The highest BCUT2D eigenvalue weighted by Crippen LogP contribution is 2.63. The van der Waals surface area contributed by atoms with Crippen molar-refractivity contribution >= 4 is 24.2 Å². The number of nitrogens with two attached hydrogens (primary N) is 1. The van der Waals surface area contributed by atoms with Crippen LogP contribution in [0.25, 0.3) is 0 Å². The highest BCUT2D eigenvalue weighted by Gasteiger charge is 2.62. The first-order valence-electron chi connectivity index (χ1n) is 9.17. The zero-order chi connectivity index (χ0) is 17.3. The zero-order valence-electron chi connectivity index (χ0n) is 16.0. The van der Waals surface area contributed by atoms with E-state index in [9.17, 15) is 0 Å².